The van der Waals surface area contributed by atoms with Gasteiger partial charge in [-0.3, -0.25) is 19.3 Å². The van der Waals surface area contributed by atoms with E-state index in [2.05, 4.69) is 5.32 Å². The number of esters is 1. The number of ether oxygens (including phenoxy) is 1. The predicted octanol–water partition coefficient (Wildman–Crippen LogP) is 3.84. The maximum absolute atomic E-state index is 12.8. The average Bonchev–Trinajstić information content (AvgIpc) is 2.98. The number of aryl methyl sites for hydroxylation is 1. The lowest BCUT2D eigenvalue weighted by Crippen LogP contribution is -2.46. The Balaban J connectivity index is 1.69. The zero-order chi connectivity index (χ0) is 22.7. The number of carbonyl (C=O) groups is 4. The lowest BCUT2D eigenvalue weighted by atomic mass is 10.0. The number of halogens is 1. The van der Waals surface area contributed by atoms with E-state index >= 15 is 0 Å². The molecular formula is C23H23ClN2O5. The Kier molecular flexibility index (Phi) is 6.75. The van der Waals surface area contributed by atoms with Crippen molar-refractivity contribution in [2.45, 2.75) is 33.2 Å². The first-order chi connectivity index (χ1) is 14.7. The number of nitrogens with one attached hydrogen (secondary N) is 1. The molecule has 0 fully saturated rings. The Morgan fingerprint density at radius 1 is 1.06 bits per heavy atom. The minimum atomic E-state index is -1.12. The van der Waals surface area contributed by atoms with Gasteiger partial charge in [-0.15, -0.1) is 0 Å². The molecule has 1 aliphatic rings. The number of imide groups is 1. The van der Waals surface area contributed by atoms with Crippen molar-refractivity contribution in [3.63, 3.8) is 0 Å². The molecule has 0 saturated carbocycles. The van der Waals surface area contributed by atoms with Crippen LogP contribution in [0.2, 0.25) is 5.02 Å². The Labute approximate surface area is 185 Å². The van der Waals surface area contributed by atoms with Crippen molar-refractivity contribution in [2.24, 2.45) is 5.92 Å². The fraction of sp³-hybridized carbons (Fsp3) is 0.304. The zero-order valence-electron chi connectivity index (χ0n) is 17.5. The standard InChI is InChI=1S/C23H23ClN2O5/c1-13(2)10-19(26-21(28)16-6-4-5-7-17(16)22(26)29)23(30)31-12-20(27)25-15-9-8-14(3)18(24)11-15/h4-9,11,13,19H,10,12H2,1-3H3,(H,25,27)/t19-/m0/s1. The van der Waals surface area contributed by atoms with E-state index in [-0.39, 0.29) is 23.5 Å². The molecule has 3 amide bonds. The molecule has 1 aliphatic heterocycles. The Bertz CT molecular complexity index is 1020. The SMILES string of the molecule is Cc1ccc(NC(=O)COC(=O)[C@H](CC(C)C)N2C(=O)c3ccccc3C2=O)cc1Cl. The highest BCUT2D eigenvalue weighted by molar-refractivity contribution is 6.31. The van der Waals surface area contributed by atoms with Crippen LogP contribution in [-0.4, -0.2) is 41.2 Å². The van der Waals surface area contributed by atoms with E-state index in [1.54, 1.807) is 42.5 Å². The summed E-state index contributed by atoms with van der Waals surface area (Å²) in [5.74, 6) is -2.44. The molecule has 0 bridgehead atoms. The number of hydrogen-bond donors (Lipinski definition) is 1. The summed E-state index contributed by atoms with van der Waals surface area (Å²) in [6, 6.07) is 10.3. The van der Waals surface area contributed by atoms with Crippen molar-refractivity contribution in [2.75, 3.05) is 11.9 Å². The van der Waals surface area contributed by atoms with Gasteiger partial charge in [0.1, 0.15) is 6.04 Å². The van der Waals surface area contributed by atoms with Crippen molar-refractivity contribution in [3.05, 3.63) is 64.2 Å². The minimum Gasteiger partial charge on any atom is -0.454 e. The first kappa shape index (κ1) is 22.5. The van der Waals surface area contributed by atoms with Gasteiger partial charge in [-0.05, 0) is 49.1 Å². The van der Waals surface area contributed by atoms with Gasteiger partial charge >= 0.3 is 5.97 Å². The molecule has 7 nitrogen and oxygen atoms in total. The molecule has 1 heterocycles. The van der Waals surface area contributed by atoms with E-state index in [1.165, 1.54) is 0 Å². The molecular weight excluding hydrogens is 420 g/mol. The van der Waals surface area contributed by atoms with Crippen molar-refractivity contribution in [3.8, 4) is 0 Å². The number of nitrogens with zero attached hydrogens (tertiary/aromatic N) is 1. The summed E-state index contributed by atoms with van der Waals surface area (Å²) in [6.45, 7) is 5.02. The lowest BCUT2D eigenvalue weighted by molar-refractivity contribution is -0.151. The van der Waals surface area contributed by atoms with Gasteiger partial charge in [0.15, 0.2) is 6.61 Å². The number of anilines is 1. The van der Waals surface area contributed by atoms with Crippen LogP contribution in [0.15, 0.2) is 42.5 Å². The van der Waals surface area contributed by atoms with Crippen molar-refractivity contribution in [1.82, 2.24) is 4.90 Å². The predicted molar refractivity (Wildman–Crippen MR) is 116 cm³/mol. The van der Waals surface area contributed by atoms with Gasteiger partial charge in [0, 0.05) is 10.7 Å². The van der Waals surface area contributed by atoms with Crippen molar-refractivity contribution < 1.29 is 23.9 Å². The third-order valence-corrected chi connectivity index (χ3v) is 5.31. The third kappa shape index (κ3) is 4.94. The molecule has 0 spiro atoms. The normalized spacial score (nSPS) is 13.9. The van der Waals surface area contributed by atoms with Crippen molar-refractivity contribution in [1.29, 1.82) is 0 Å². The summed E-state index contributed by atoms with van der Waals surface area (Å²) in [4.78, 5) is 51.5. The first-order valence-electron chi connectivity index (χ1n) is 9.88. The summed E-state index contributed by atoms with van der Waals surface area (Å²) < 4.78 is 5.17. The van der Waals surface area contributed by atoms with E-state index in [0.717, 1.165) is 10.5 Å². The van der Waals surface area contributed by atoms with Gasteiger partial charge in [-0.2, -0.15) is 0 Å². The van der Waals surface area contributed by atoms with Crippen LogP contribution >= 0.6 is 11.6 Å². The largest absolute Gasteiger partial charge is 0.454 e. The average molecular weight is 443 g/mol. The fourth-order valence-electron chi connectivity index (χ4n) is 3.35. The van der Waals surface area contributed by atoms with E-state index < -0.39 is 36.3 Å². The topological polar surface area (TPSA) is 92.8 Å². The first-order valence-corrected chi connectivity index (χ1v) is 10.3. The molecule has 0 unspecified atom stereocenters. The van der Waals surface area contributed by atoms with Crippen LogP contribution in [0.3, 0.4) is 0 Å². The number of fused-ring (bicyclic) bond motifs is 1. The van der Waals surface area contributed by atoms with Crippen LogP contribution in [0.5, 0.6) is 0 Å². The molecule has 2 aromatic carbocycles. The van der Waals surface area contributed by atoms with Crippen molar-refractivity contribution >= 4 is 41.0 Å². The molecule has 2 aromatic rings. The number of hydrogen-bond acceptors (Lipinski definition) is 5. The van der Waals surface area contributed by atoms with E-state index in [0.29, 0.717) is 10.7 Å². The molecule has 3 rings (SSSR count). The summed E-state index contributed by atoms with van der Waals surface area (Å²) in [5.41, 5.74) is 1.84. The fourth-order valence-corrected chi connectivity index (χ4v) is 3.53. The summed E-state index contributed by atoms with van der Waals surface area (Å²) >= 11 is 6.05. The molecule has 0 radical (unpaired) electrons. The van der Waals surface area contributed by atoms with Crippen LogP contribution in [0.1, 0.15) is 46.5 Å². The quantitative estimate of drug-likeness (QED) is 0.519. The lowest BCUT2D eigenvalue weighted by Gasteiger charge is -2.25. The van der Waals surface area contributed by atoms with Gasteiger partial charge in [0.2, 0.25) is 0 Å². The highest BCUT2D eigenvalue weighted by Gasteiger charge is 2.43. The highest BCUT2D eigenvalue weighted by Crippen LogP contribution is 2.27. The third-order valence-electron chi connectivity index (χ3n) is 4.91. The number of rotatable bonds is 7. The number of amides is 3. The Hall–Kier alpha value is -3.19. The summed E-state index contributed by atoms with van der Waals surface area (Å²) in [7, 11) is 0. The summed E-state index contributed by atoms with van der Waals surface area (Å²) in [6.07, 6.45) is 0.222. The smallest absolute Gasteiger partial charge is 0.329 e. The molecule has 1 N–H and O–H groups in total. The van der Waals surface area contributed by atoms with Gasteiger partial charge in [0.05, 0.1) is 11.1 Å². The molecule has 162 valence electrons. The Morgan fingerprint density at radius 3 is 2.23 bits per heavy atom. The van der Waals surface area contributed by atoms with Crippen LogP contribution < -0.4 is 5.32 Å². The minimum absolute atomic E-state index is 0.00499. The highest BCUT2D eigenvalue weighted by atomic mass is 35.5. The molecule has 0 saturated heterocycles. The van der Waals surface area contributed by atoms with Crippen LogP contribution in [0.25, 0.3) is 0 Å². The van der Waals surface area contributed by atoms with E-state index in [9.17, 15) is 19.2 Å². The molecule has 0 aliphatic carbocycles. The Morgan fingerprint density at radius 2 is 1.68 bits per heavy atom. The number of carbonyl (C=O) groups excluding carboxylic acids is 4. The van der Waals surface area contributed by atoms with Crippen LogP contribution in [0, 0.1) is 12.8 Å². The second-order valence-electron chi connectivity index (χ2n) is 7.79. The molecule has 8 heteroatoms. The van der Waals surface area contributed by atoms with Gasteiger partial charge in [-0.25, -0.2) is 4.79 Å². The molecule has 1 atom stereocenters. The van der Waals surface area contributed by atoms with Crippen LogP contribution in [0.4, 0.5) is 5.69 Å². The van der Waals surface area contributed by atoms with Gasteiger partial charge < -0.3 is 10.1 Å². The summed E-state index contributed by atoms with van der Waals surface area (Å²) in [5, 5.41) is 3.10. The van der Waals surface area contributed by atoms with E-state index in [4.69, 9.17) is 16.3 Å². The maximum atomic E-state index is 12.8. The maximum Gasteiger partial charge on any atom is 0.329 e. The number of benzene rings is 2. The molecule has 0 aromatic heterocycles. The second kappa shape index (κ2) is 9.31. The van der Waals surface area contributed by atoms with Crippen LogP contribution in [-0.2, 0) is 14.3 Å². The monoisotopic (exact) mass is 442 g/mol. The second-order valence-corrected chi connectivity index (χ2v) is 8.20. The van der Waals surface area contributed by atoms with Gasteiger partial charge in [0.25, 0.3) is 17.7 Å². The van der Waals surface area contributed by atoms with E-state index in [1.807, 2.05) is 20.8 Å². The van der Waals surface area contributed by atoms with Gasteiger partial charge in [-0.1, -0.05) is 43.6 Å². The zero-order valence-corrected chi connectivity index (χ0v) is 18.2. The molecule has 31 heavy (non-hydrogen) atoms.